The average molecular weight is 551 g/mol. The van der Waals surface area contributed by atoms with Crippen LogP contribution in [0.25, 0.3) is 10.2 Å². The molecule has 4 heterocycles. The van der Waals surface area contributed by atoms with Gasteiger partial charge in [0, 0.05) is 26.7 Å². The number of carbonyl (C=O) groups excluding carboxylic acids is 2. The highest BCUT2D eigenvalue weighted by Crippen LogP contribution is 2.41. The highest BCUT2D eigenvalue weighted by molar-refractivity contribution is 7.18. The summed E-state index contributed by atoms with van der Waals surface area (Å²) in [5.74, 6) is -0.461. The topological polar surface area (TPSA) is 114 Å². The summed E-state index contributed by atoms with van der Waals surface area (Å²) >= 11 is 1.69. The monoisotopic (exact) mass is 550 g/mol. The number of fused-ring (bicyclic) bond motifs is 1. The Balaban J connectivity index is 1.39. The number of likely N-dealkylation sites (tertiary alicyclic amines) is 2. The first-order valence-corrected chi connectivity index (χ1v) is 14.6. The van der Waals surface area contributed by atoms with Crippen LogP contribution >= 0.6 is 11.3 Å². The molecule has 208 valence electrons. The van der Waals surface area contributed by atoms with Crippen LogP contribution in [0.2, 0.25) is 0 Å². The Bertz CT molecular complexity index is 1370. The number of nitrogen functional groups attached to an aromatic ring is 1. The molecule has 2 aliphatic heterocycles. The van der Waals surface area contributed by atoms with Gasteiger partial charge in [-0.3, -0.25) is 9.59 Å². The van der Waals surface area contributed by atoms with Crippen molar-refractivity contribution in [2.75, 3.05) is 44.8 Å². The summed E-state index contributed by atoms with van der Waals surface area (Å²) in [6, 6.07) is 7.84. The molecule has 2 amide bonds. The zero-order valence-electron chi connectivity index (χ0n) is 23.2. The third kappa shape index (κ3) is 5.50. The summed E-state index contributed by atoms with van der Waals surface area (Å²) in [5, 5.41) is 3.75. The van der Waals surface area contributed by atoms with Crippen molar-refractivity contribution in [2.24, 2.45) is 5.92 Å². The standard InChI is InChI=1S/C29H38N6O3S/c1-5-19-14-21(16-31-25(19)30)32-26(36)27(37)35-17-18(2)6-8-23(35)20-7-9-24-22(15-20)33-28(39-24)29(38-4)10-12-34(3)13-11-29/h7,9,14-16,18,23H,5-6,8,10-13,17H2,1-4H3,(H2,30,31)(H,32,36)/t18-,23+/m0/s1. The molecule has 0 spiro atoms. The van der Waals surface area contributed by atoms with Gasteiger partial charge >= 0.3 is 11.8 Å². The van der Waals surface area contributed by atoms with E-state index >= 15 is 0 Å². The molecule has 0 bridgehead atoms. The summed E-state index contributed by atoms with van der Waals surface area (Å²) in [6.45, 7) is 6.56. The fraction of sp³-hybridized carbons (Fsp3) is 0.517. The lowest BCUT2D eigenvalue weighted by Crippen LogP contribution is -2.46. The molecule has 2 aliphatic rings. The molecule has 0 radical (unpaired) electrons. The molecule has 1 aromatic carbocycles. The van der Waals surface area contributed by atoms with Gasteiger partial charge in [-0.1, -0.05) is 19.9 Å². The second-order valence-electron chi connectivity index (χ2n) is 11.0. The fourth-order valence-corrected chi connectivity index (χ4v) is 6.91. The van der Waals surface area contributed by atoms with E-state index in [9.17, 15) is 9.59 Å². The zero-order valence-corrected chi connectivity index (χ0v) is 24.0. The molecule has 10 heteroatoms. The van der Waals surface area contributed by atoms with Gasteiger partial charge < -0.3 is 25.6 Å². The van der Waals surface area contributed by atoms with E-state index < -0.39 is 11.8 Å². The number of amides is 2. The number of methoxy groups -OCH3 is 1. The number of hydrogen-bond acceptors (Lipinski definition) is 8. The number of hydrogen-bond donors (Lipinski definition) is 2. The molecule has 2 atom stereocenters. The van der Waals surface area contributed by atoms with Gasteiger partial charge in [0.25, 0.3) is 0 Å². The maximum absolute atomic E-state index is 13.5. The summed E-state index contributed by atoms with van der Waals surface area (Å²) < 4.78 is 7.16. The van der Waals surface area contributed by atoms with Crippen molar-refractivity contribution in [1.82, 2.24) is 19.8 Å². The Kier molecular flexibility index (Phi) is 7.89. The molecule has 9 nitrogen and oxygen atoms in total. The number of nitrogens with zero attached hydrogens (tertiary/aromatic N) is 4. The molecular weight excluding hydrogens is 512 g/mol. The quantitative estimate of drug-likeness (QED) is 0.454. The van der Waals surface area contributed by atoms with Crippen LogP contribution in [0.5, 0.6) is 0 Å². The van der Waals surface area contributed by atoms with Crippen LogP contribution in [0.15, 0.2) is 30.5 Å². The molecule has 2 saturated heterocycles. The number of benzene rings is 1. The van der Waals surface area contributed by atoms with Gasteiger partial charge in [0.05, 0.1) is 28.1 Å². The van der Waals surface area contributed by atoms with Crippen LogP contribution in [0.3, 0.4) is 0 Å². The highest BCUT2D eigenvalue weighted by Gasteiger charge is 2.39. The predicted molar refractivity (Wildman–Crippen MR) is 155 cm³/mol. The lowest BCUT2D eigenvalue weighted by Gasteiger charge is -2.38. The first-order chi connectivity index (χ1) is 18.7. The number of nitrogens with two attached hydrogens (primary N) is 1. The first-order valence-electron chi connectivity index (χ1n) is 13.7. The van der Waals surface area contributed by atoms with Gasteiger partial charge in [-0.15, -0.1) is 11.3 Å². The number of nitrogens with one attached hydrogen (secondary N) is 1. The Morgan fingerprint density at radius 2 is 2.00 bits per heavy atom. The van der Waals surface area contributed by atoms with Gasteiger partial charge in [-0.2, -0.15) is 0 Å². The van der Waals surface area contributed by atoms with Crippen LogP contribution < -0.4 is 11.1 Å². The van der Waals surface area contributed by atoms with Crippen LogP contribution in [0, 0.1) is 5.92 Å². The number of aryl methyl sites for hydroxylation is 1. The summed E-state index contributed by atoms with van der Waals surface area (Å²) in [7, 11) is 3.92. The molecule has 0 saturated carbocycles. The van der Waals surface area contributed by atoms with E-state index in [4.69, 9.17) is 15.5 Å². The van der Waals surface area contributed by atoms with Crippen molar-refractivity contribution in [2.45, 2.75) is 57.6 Å². The Labute approximate surface area is 233 Å². The van der Waals surface area contributed by atoms with Crippen LogP contribution in [0.1, 0.15) is 61.7 Å². The largest absolute Gasteiger partial charge is 0.383 e. The Morgan fingerprint density at radius 1 is 1.23 bits per heavy atom. The smallest absolute Gasteiger partial charge is 0.313 e. The van der Waals surface area contributed by atoms with Crippen LogP contribution in [-0.2, 0) is 26.3 Å². The van der Waals surface area contributed by atoms with E-state index in [0.717, 1.165) is 65.1 Å². The van der Waals surface area contributed by atoms with Crippen LogP contribution in [-0.4, -0.2) is 65.4 Å². The van der Waals surface area contributed by atoms with Gasteiger partial charge in [0.1, 0.15) is 16.4 Å². The van der Waals surface area contributed by atoms with Crippen LogP contribution in [0.4, 0.5) is 11.5 Å². The molecule has 5 rings (SSSR count). The summed E-state index contributed by atoms with van der Waals surface area (Å²) in [5.41, 5.74) is 8.76. The minimum Gasteiger partial charge on any atom is -0.383 e. The third-order valence-electron chi connectivity index (χ3n) is 8.28. The van der Waals surface area contributed by atoms with Gasteiger partial charge in [0.15, 0.2) is 0 Å². The summed E-state index contributed by atoms with van der Waals surface area (Å²) in [4.78, 5) is 39.8. The van der Waals surface area contributed by atoms with Crippen molar-refractivity contribution in [3.05, 3.63) is 46.6 Å². The second-order valence-corrected chi connectivity index (χ2v) is 12.0. The Hall–Kier alpha value is -3.08. The van der Waals surface area contributed by atoms with E-state index in [0.29, 0.717) is 30.4 Å². The molecule has 39 heavy (non-hydrogen) atoms. The molecule has 2 fully saturated rings. The van der Waals surface area contributed by atoms with Crippen molar-refractivity contribution in [3.63, 3.8) is 0 Å². The van der Waals surface area contributed by atoms with E-state index in [1.807, 2.05) is 6.92 Å². The number of carbonyl (C=O) groups is 2. The zero-order chi connectivity index (χ0) is 27.7. The number of ether oxygens (including phenoxy) is 1. The number of aromatic nitrogens is 2. The average Bonchev–Trinajstić information content (AvgIpc) is 3.38. The van der Waals surface area contributed by atoms with Gasteiger partial charge in [0.2, 0.25) is 0 Å². The second kappa shape index (κ2) is 11.2. The molecule has 0 aliphatic carbocycles. The number of thiazole rings is 1. The van der Waals surface area contributed by atoms with Gasteiger partial charge in [-0.25, -0.2) is 9.97 Å². The van der Waals surface area contributed by atoms with Crippen molar-refractivity contribution >= 4 is 44.9 Å². The van der Waals surface area contributed by atoms with Crippen molar-refractivity contribution in [1.29, 1.82) is 0 Å². The SMILES string of the molecule is CCc1cc(NC(=O)C(=O)N2C[C@@H](C)CC[C@@H]2c2ccc3sc(C4(OC)CCN(C)CC4)nc3c2)cnc1N. The van der Waals surface area contributed by atoms with E-state index in [2.05, 4.69) is 47.4 Å². The number of anilines is 2. The van der Waals surface area contributed by atoms with Gasteiger partial charge in [-0.05, 0) is 74.4 Å². The third-order valence-corrected chi connectivity index (χ3v) is 9.51. The maximum atomic E-state index is 13.5. The lowest BCUT2D eigenvalue weighted by atomic mass is 9.89. The number of piperidine rings is 2. The van der Waals surface area contributed by atoms with Crippen molar-refractivity contribution < 1.29 is 14.3 Å². The first kappa shape index (κ1) is 27.5. The van der Waals surface area contributed by atoms with E-state index in [1.165, 1.54) is 6.20 Å². The molecule has 3 N–H and O–H groups in total. The molecular formula is C29H38N6O3S. The minimum absolute atomic E-state index is 0.190. The van der Waals surface area contributed by atoms with Crippen molar-refractivity contribution in [3.8, 4) is 0 Å². The normalized spacial score (nSPS) is 21.7. The lowest BCUT2D eigenvalue weighted by molar-refractivity contribution is -0.146. The molecule has 2 aromatic heterocycles. The minimum atomic E-state index is -0.663. The van der Waals surface area contributed by atoms with E-state index in [1.54, 1.807) is 29.4 Å². The highest BCUT2D eigenvalue weighted by atomic mass is 32.1. The summed E-state index contributed by atoms with van der Waals surface area (Å²) in [6.07, 6.45) is 5.77. The fourth-order valence-electron chi connectivity index (χ4n) is 5.74. The maximum Gasteiger partial charge on any atom is 0.313 e. The number of pyridine rings is 1. The molecule has 0 unspecified atom stereocenters. The Morgan fingerprint density at radius 3 is 2.72 bits per heavy atom. The predicted octanol–water partition coefficient (Wildman–Crippen LogP) is 4.34. The number of rotatable bonds is 5. The molecule has 3 aromatic rings. The van der Waals surface area contributed by atoms with E-state index in [-0.39, 0.29) is 11.6 Å².